The van der Waals surface area contributed by atoms with Gasteiger partial charge >= 0.3 is 6.18 Å². The molecule has 0 unspecified atom stereocenters. The van der Waals surface area contributed by atoms with Crippen LogP contribution in [-0.2, 0) is 4.79 Å². The van der Waals surface area contributed by atoms with Crippen molar-refractivity contribution in [3.8, 4) is 11.4 Å². The summed E-state index contributed by atoms with van der Waals surface area (Å²) in [6, 6.07) is 2.71. The number of hydrogen-bond donors (Lipinski definition) is 1. The minimum Gasteiger partial charge on any atom is -0.345 e. The molecule has 0 aromatic carbocycles. The molecule has 1 saturated heterocycles. The number of aromatic nitrogens is 4. The maximum atomic E-state index is 12.7. The van der Waals surface area contributed by atoms with Gasteiger partial charge in [-0.15, -0.1) is 0 Å². The van der Waals surface area contributed by atoms with Gasteiger partial charge in [-0.1, -0.05) is 11.6 Å². The van der Waals surface area contributed by atoms with Gasteiger partial charge in [0.25, 0.3) is 0 Å². The lowest BCUT2D eigenvalue weighted by atomic mass is 10.2. The van der Waals surface area contributed by atoms with Crippen molar-refractivity contribution < 1.29 is 18.0 Å². The zero-order valence-electron chi connectivity index (χ0n) is 15.9. The SMILES string of the molecule is CN(CC(F)(F)F)C(=O)[C@H]1CCCN1c1ccnc(-c2c[nH]c3ncc(Cl)cc23)n1. The van der Waals surface area contributed by atoms with Crippen LogP contribution < -0.4 is 4.90 Å². The van der Waals surface area contributed by atoms with Crippen LogP contribution in [0.5, 0.6) is 0 Å². The molecule has 0 radical (unpaired) electrons. The number of nitrogens with one attached hydrogen (secondary N) is 1. The number of hydrogen-bond acceptors (Lipinski definition) is 5. The van der Waals surface area contributed by atoms with E-state index in [1.807, 2.05) is 0 Å². The molecule has 11 heteroatoms. The van der Waals surface area contributed by atoms with Crippen molar-refractivity contribution in [1.29, 1.82) is 0 Å². The average molecular weight is 439 g/mol. The fourth-order valence-corrected chi connectivity index (χ4v) is 3.86. The Kier molecular flexibility index (Phi) is 5.27. The minimum atomic E-state index is -4.44. The van der Waals surface area contributed by atoms with E-state index in [0.29, 0.717) is 47.3 Å². The molecule has 3 aromatic rings. The number of amides is 1. The van der Waals surface area contributed by atoms with Gasteiger partial charge in [0, 0.05) is 43.1 Å². The van der Waals surface area contributed by atoms with Gasteiger partial charge in [-0.05, 0) is 25.0 Å². The zero-order valence-corrected chi connectivity index (χ0v) is 16.7. The summed E-state index contributed by atoms with van der Waals surface area (Å²) in [7, 11) is 1.17. The van der Waals surface area contributed by atoms with Crippen LogP contribution in [0.25, 0.3) is 22.4 Å². The van der Waals surface area contributed by atoms with E-state index in [9.17, 15) is 18.0 Å². The number of carbonyl (C=O) groups is 1. The first-order valence-electron chi connectivity index (χ1n) is 9.27. The summed E-state index contributed by atoms with van der Waals surface area (Å²) in [5.74, 6) is 0.318. The van der Waals surface area contributed by atoms with Crippen LogP contribution in [0.3, 0.4) is 0 Å². The topological polar surface area (TPSA) is 78.0 Å². The van der Waals surface area contributed by atoms with E-state index in [-0.39, 0.29) is 0 Å². The third kappa shape index (κ3) is 4.04. The van der Waals surface area contributed by atoms with Gasteiger partial charge in [0.05, 0.1) is 5.02 Å². The van der Waals surface area contributed by atoms with Crippen molar-refractivity contribution in [1.82, 2.24) is 24.8 Å². The number of likely N-dealkylation sites (N-methyl/N-ethyl adjacent to an activating group) is 1. The summed E-state index contributed by atoms with van der Waals surface area (Å²) in [6.07, 6.45) is 1.51. The predicted octanol–water partition coefficient (Wildman–Crippen LogP) is 3.66. The fourth-order valence-electron chi connectivity index (χ4n) is 3.70. The highest BCUT2D eigenvalue weighted by Crippen LogP contribution is 2.30. The number of aromatic amines is 1. The Morgan fingerprint density at radius 2 is 2.20 bits per heavy atom. The Morgan fingerprint density at radius 3 is 2.97 bits per heavy atom. The molecule has 1 aliphatic heterocycles. The molecule has 0 spiro atoms. The second kappa shape index (κ2) is 7.75. The van der Waals surface area contributed by atoms with Crippen LogP contribution in [0.4, 0.5) is 19.0 Å². The molecule has 1 atom stereocenters. The van der Waals surface area contributed by atoms with Crippen molar-refractivity contribution in [2.75, 3.05) is 25.0 Å². The molecular weight excluding hydrogens is 421 g/mol. The third-order valence-corrected chi connectivity index (χ3v) is 5.21. The van der Waals surface area contributed by atoms with Gasteiger partial charge in [-0.25, -0.2) is 15.0 Å². The number of carbonyl (C=O) groups excluding carboxylic acids is 1. The smallest absolute Gasteiger partial charge is 0.345 e. The van der Waals surface area contributed by atoms with Crippen LogP contribution in [0.15, 0.2) is 30.7 Å². The summed E-state index contributed by atoms with van der Waals surface area (Å²) >= 11 is 6.05. The maximum absolute atomic E-state index is 12.7. The highest BCUT2D eigenvalue weighted by Gasteiger charge is 2.38. The van der Waals surface area contributed by atoms with Crippen LogP contribution >= 0.6 is 11.6 Å². The van der Waals surface area contributed by atoms with E-state index in [1.54, 1.807) is 29.4 Å². The fraction of sp³-hybridized carbons (Fsp3) is 0.368. The second-order valence-electron chi connectivity index (χ2n) is 7.15. The van der Waals surface area contributed by atoms with Crippen LogP contribution in [0, 0.1) is 0 Å². The van der Waals surface area contributed by atoms with E-state index in [4.69, 9.17) is 11.6 Å². The van der Waals surface area contributed by atoms with E-state index in [2.05, 4.69) is 19.9 Å². The number of alkyl halides is 3. The van der Waals surface area contributed by atoms with Crippen molar-refractivity contribution in [3.63, 3.8) is 0 Å². The molecule has 158 valence electrons. The Hall–Kier alpha value is -2.88. The molecule has 7 nitrogen and oxygen atoms in total. The second-order valence-corrected chi connectivity index (χ2v) is 7.59. The standard InChI is InChI=1S/C19H18ClF3N6O/c1-28(10-19(21,22)23)18(30)14-3-2-6-29(14)15-4-5-24-17(27-15)13-9-26-16-12(13)7-11(20)8-25-16/h4-5,7-9,14H,2-3,6,10H2,1H3,(H,25,26)/t14-/m1/s1. The highest BCUT2D eigenvalue weighted by molar-refractivity contribution is 6.31. The molecule has 3 aromatic heterocycles. The Balaban J connectivity index is 1.63. The van der Waals surface area contributed by atoms with Gasteiger partial charge in [-0.2, -0.15) is 13.2 Å². The first-order valence-corrected chi connectivity index (χ1v) is 9.65. The number of halogens is 4. The molecule has 0 aliphatic carbocycles. The molecule has 30 heavy (non-hydrogen) atoms. The summed E-state index contributed by atoms with van der Waals surface area (Å²) in [5, 5.41) is 1.22. The Bertz CT molecular complexity index is 1090. The van der Waals surface area contributed by atoms with Crippen LogP contribution in [0.1, 0.15) is 12.8 Å². The Morgan fingerprint density at radius 1 is 1.40 bits per heavy atom. The van der Waals surface area contributed by atoms with Crippen LogP contribution in [-0.4, -0.2) is 63.1 Å². The number of nitrogens with zero attached hydrogens (tertiary/aromatic N) is 5. The van der Waals surface area contributed by atoms with E-state index >= 15 is 0 Å². The number of pyridine rings is 1. The maximum Gasteiger partial charge on any atom is 0.406 e. The molecule has 0 saturated carbocycles. The Labute approximate surface area is 174 Å². The lowest BCUT2D eigenvalue weighted by molar-refractivity contribution is -0.159. The summed E-state index contributed by atoms with van der Waals surface area (Å²) in [6.45, 7) is -0.762. The van der Waals surface area contributed by atoms with Gasteiger partial charge in [0.1, 0.15) is 24.1 Å². The van der Waals surface area contributed by atoms with Crippen molar-refractivity contribution in [2.24, 2.45) is 0 Å². The largest absolute Gasteiger partial charge is 0.406 e. The molecule has 4 heterocycles. The van der Waals surface area contributed by atoms with Crippen molar-refractivity contribution in [3.05, 3.63) is 35.7 Å². The monoisotopic (exact) mass is 438 g/mol. The predicted molar refractivity (Wildman–Crippen MR) is 106 cm³/mol. The first-order chi connectivity index (χ1) is 14.2. The van der Waals surface area contributed by atoms with E-state index < -0.39 is 24.7 Å². The van der Waals surface area contributed by atoms with E-state index in [1.165, 1.54) is 13.2 Å². The zero-order chi connectivity index (χ0) is 21.5. The normalized spacial score (nSPS) is 17.0. The summed E-state index contributed by atoms with van der Waals surface area (Å²) < 4.78 is 38.1. The first kappa shape index (κ1) is 20.4. The van der Waals surface area contributed by atoms with Gasteiger partial charge in [0.15, 0.2) is 5.82 Å². The lowest BCUT2D eigenvalue weighted by Crippen LogP contribution is -2.47. The van der Waals surface area contributed by atoms with Gasteiger partial charge in [-0.3, -0.25) is 4.79 Å². The van der Waals surface area contributed by atoms with Gasteiger partial charge in [0.2, 0.25) is 5.91 Å². The summed E-state index contributed by atoms with van der Waals surface area (Å²) in [5.41, 5.74) is 1.32. The highest BCUT2D eigenvalue weighted by atomic mass is 35.5. The van der Waals surface area contributed by atoms with E-state index in [0.717, 1.165) is 10.3 Å². The minimum absolute atomic E-state index is 0.407. The number of anilines is 1. The van der Waals surface area contributed by atoms with Crippen molar-refractivity contribution in [2.45, 2.75) is 25.1 Å². The molecule has 4 rings (SSSR count). The molecule has 1 N–H and O–H groups in total. The average Bonchev–Trinajstić information content (AvgIpc) is 3.33. The molecule has 1 amide bonds. The molecule has 1 fully saturated rings. The number of rotatable bonds is 4. The molecule has 1 aliphatic rings. The van der Waals surface area contributed by atoms with Gasteiger partial charge < -0.3 is 14.8 Å². The third-order valence-electron chi connectivity index (χ3n) is 5.00. The number of fused-ring (bicyclic) bond motifs is 1. The van der Waals surface area contributed by atoms with Crippen LogP contribution in [0.2, 0.25) is 5.02 Å². The summed E-state index contributed by atoms with van der Waals surface area (Å²) in [4.78, 5) is 31.2. The lowest BCUT2D eigenvalue weighted by Gasteiger charge is -2.29. The van der Waals surface area contributed by atoms with Crippen molar-refractivity contribution >= 4 is 34.4 Å². The quantitative estimate of drug-likeness (QED) is 0.672. The molecular formula is C19H18ClF3N6O. The number of H-pyrrole nitrogens is 1. The molecule has 0 bridgehead atoms.